The second kappa shape index (κ2) is 6.38. The Kier molecular flexibility index (Phi) is 4.76. The van der Waals surface area contributed by atoms with Crippen LogP contribution in [0.25, 0.3) is 0 Å². The van der Waals surface area contributed by atoms with Crippen LogP contribution in [0.5, 0.6) is 0 Å². The van der Waals surface area contributed by atoms with Gasteiger partial charge < -0.3 is 15.8 Å². The van der Waals surface area contributed by atoms with Crippen LogP contribution in [-0.4, -0.2) is 30.6 Å². The first-order valence-electron chi connectivity index (χ1n) is 6.52. The topological polar surface area (TPSA) is 107 Å². The van der Waals surface area contributed by atoms with Gasteiger partial charge in [-0.3, -0.25) is 14.9 Å². The highest BCUT2D eigenvalue weighted by atomic mass is 35.5. The number of rotatable bonds is 4. The maximum Gasteiger partial charge on any atom is 0.288 e. The van der Waals surface area contributed by atoms with Gasteiger partial charge in [0.25, 0.3) is 5.69 Å². The number of carbonyl (C=O) groups excluding carboxylic acids is 1. The normalized spacial score (nSPS) is 17.2. The largest absolute Gasteiger partial charge is 0.381 e. The molecule has 1 aromatic rings. The molecule has 1 fully saturated rings. The highest BCUT2D eigenvalue weighted by Gasteiger charge is 2.38. The number of nitro groups is 1. The average molecular weight is 314 g/mol. The zero-order chi connectivity index (χ0) is 15.5. The molecule has 0 spiro atoms. The number of hydrogen-bond donors (Lipinski definition) is 2. The fourth-order valence-corrected chi connectivity index (χ4v) is 2.53. The summed E-state index contributed by atoms with van der Waals surface area (Å²) in [6.45, 7) is 1.21. The van der Waals surface area contributed by atoms with Crippen molar-refractivity contribution in [1.29, 1.82) is 0 Å². The lowest BCUT2D eigenvalue weighted by atomic mass is 9.79. The summed E-state index contributed by atoms with van der Waals surface area (Å²) in [5.74, 6) is -0.210. The number of carbonyl (C=O) groups is 1. The predicted molar refractivity (Wildman–Crippen MR) is 78.3 cm³/mol. The minimum atomic E-state index is -0.660. The zero-order valence-corrected chi connectivity index (χ0v) is 12.1. The molecular weight excluding hydrogens is 298 g/mol. The monoisotopic (exact) mass is 313 g/mol. The number of hydrogen-bond acceptors (Lipinski definition) is 5. The first-order chi connectivity index (χ1) is 9.98. The summed E-state index contributed by atoms with van der Waals surface area (Å²) in [6.07, 6.45) is 1.10. The summed E-state index contributed by atoms with van der Waals surface area (Å²) in [5.41, 5.74) is 5.31. The van der Waals surface area contributed by atoms with Crippen LogP contribution >= 0.6 is 11.6 Å². The molecule has 114 valence electrons. The van der Waals surface area contributed by atoms with Crippen molar-refractivity contribution >= 4 is 28.9 Å². The molecule has 1 amide bonds. The number of nitrogens with zero attached hydrogens (tertiary/aromatic N) is 1. The SMILES string of the molecule is NCC1(C(=O)Nc2ccc([N+](=O)[O-])c(Cl)c2)CCOCC1. The van der Waals surface area contributed by atoms with E-state index in [1.54, 1.807) is 0 Å². The summed E-state index contributed by atoms with van der Waals surface area (Å²) in [5, 5.41) is 13.4. The quantitative estimate of drug-likeness (QED) is 0.652. The molecule has 1 aromatic carbocycles. The van der Waals surface area contributed by atoms with Gasteiger partial charge in [-0.15, -0.1) is 0 Å². The third-order valence-corrected chi connectivity index (χ3v) is 4.03. The van der Waals surface area contributed by atoms with E-state index in [9.17, 15) is 14.9 Å². The molecule has 2 rings (SSSR count). The van der Waals surface area contributed by atoms with Gasteiger partial charge in [0.05, 0.1) is 10.3 Å². The lowest BCUT2D eigenvalue weighted by Gasteiger charge is -2.34. The molecular formula is C13H16ClN3O4. The summed E-state index contributed by atoms with van der Waals surface area (Å²) in [4.78, 5) is 22.6. The molecule has 21 heavy (non-hydrogen) atoms. The fraction of sp³-hybridized carbons (Fsp3) is 0.462. The van der Waals surface area contributed by atoms with Crippen LogP contribution in [0, 0.1) is 15.5 Å². The first-order valence-corrected chi connectivity index (χ1v) is 6.89. The van der Waals surface area contributed by atoms with Crippen molar-refractivity contribution in [2.24, 2.45) is 11.1 Å². The van der Waals surface area contributed by atoms with Gasteiger partial charge in [0.15, 0.2) is 0 Å². The van der Waals surface area contributed by atoms with Crippen molar-refractivity contribution in [2.75, 3.05) is 25.1 Å². The molecule has 1 heterocycles. The molecule has 0 aliphatic carbocycles. The Morgan fingerprint density at radius 1 is 1.48 bits per heavy atom. The van der Waals surface area contributed by atoms with Crippen molar-refractivity contribution in [3.05, 3.63) is 33.3 Å². The van der Waals surface area contributed by atoms with E-state index in [0.29, 0.717) is 31.7 Å². The van der Waals surface area contributed by atoms with Crippen LogP contribution in [0.3, 0.4) is 0 Å². The lowest BCUT2D eigenvalue weighted by Crippen LogP contribution is -2.46. The van der Waals surface area contributed by atoms with Gasteiger partial charge in [0.1, 0.15) is 5.02 Å². The Morgan fingerprint density at radius 2 is 2.14 bits per heavy atom. The molecule has 1 aliphatic rings. The molecule has 1 saturated heterocycles. The van der Waals surface area contributed by atoms with E-state index in [2.05, 4.69) is 5.32 Å². The Labute approximate surface area is 126 Å². The van der Waals surface area contributed by atoms with E-state index in [4.69, 9.17) is 22.1 Å². The Balaban J connectivity index is 2.15. The minimum Gasteiger partial charge on any atom is -0.381 e. The van der Waals surface area contributed by atoms with Crippen molar-refractivity contribution in [3.63, 3.8) is 0 Å². The molecule has 0 radical (unpaired) electrons. The number of ether oxygens (including phenoxy) is 1. The molecule has 7 nitrogen and oxygen atoms in total. The number of nitro benzene ring substituents is 1. The fourth-order valence-electron chi connectivity index (χ4n) is 2.28. The number of benzene rings is 1. The summed E-state index contributed by atoms with van der Waals surface area (Å²) >= 11 is 5.82. The van der Waals surface area contributed by atoms with Gasteiger partial charge in [0, 0.05) is 31.5 Å². The van der Waals surface area contributed by atoms with Gasteiger partial charge in [-0.05, 0) is 25.0 Å². The number of anilines is 1. The van der Waals surface area contributed by atoms with Crippen LogP contribution in [-0.2, 0) is 9.53 Å². The second-order valence-electron chi connectivity index (χ2n) is 4.97. The van der Waals surface area contributed by atoms with Crippen LogP contribution in [0.15, 0.2) is 18.2 Å². The third kappa shape index (κ3) is 3.31. The van der Waals surface area contributed by atoms with Gasteiger partial charge in [-0.2, -0.15) is 0 Å². The molecule has 1 aliphatic heterocycles. The molecule has 0 unspecified atom stereocenters. The summed E-state index contributed by atoms with van der Waals surface area (Å²) in [6, 6.07) is 4.07. The van der Waals surface area contributed by atoms with Gasteiger partial charge >= 0.3 is 0 Å². The molecule has 0 aromatic heterocycles. The lowest BCUT2D eigenvalue weighted by molar-refractivity contribution is -0.384. The summed E-state index contributed by atoms with van der Waals surface area (Å²) in [7, 11) is 0. The number of halogens is 1. The van der Waals surface area contributed by atoms with Crippen LogP contribution in [0.4, 0.5) is 11.4 Å². The number of nitrogens with one attached hydrogen (secondary N) is 1. The molecule has 0 atom stereocenters. The average Bonchev–Trinajstić information content (AvgIpc) is 2.47. The number of amides is 1. The number of nitrogens with two attached hydrogens (primary N) is 1. The molecule has 3 N–H and O–H groups in total. The molecule has 0 bridgehead atoms. The Morgan fingerprint density at radius 3 is 2.67 bits per heavy atom. The maximum atomic E-state index is 12.4. The van der Waals surface area contributed by atoms with Crippen LogP contribution in [0.1, 0.15) is 12.8 Å². The predicted octanol–water partition coefficient (Wildman–Crippen LogP) is 1.94. The van der Waals surface area contributed by atoms with Crippen LogP contribution in [0.2, 0.25) is 5.02 Å². The van der Waals surface area contributed by atoms with E-state index in [1.807, 2.05) is 0 Å². The first kappa shape index (κ1) is 15.7. The van der Waals surface area contributed by atoms with Crippen molar-refractivity contribution in [2.45, 2.75) is 12.8 Å². The van der Waals surface area contributed by atoms with Crippen molar-refractivity contribution < 1.29 is 14.5 Å². The molecule has 8 heteroatoms. The van der Waals surface area contributed by atoms with Crippen molar-refractivity contribution in [1.82, 2.24) is 0 Å². The smallest absolute Gasteiger partial charge is 0.288 e. The Bertz CT molecular complexity index is 558. The highest BCUT2D eigenvalue weighted by Crippen LogP contribution is 2.32. The van der Waals surface area contributed by atoms with E-state index in [0.717, 1.165) is 0 Å². The Hall–Kier alpha value is -1.70. The maximum absolute atomic E-state index is 12.4. The third-order valence-electron chi connectivity index (χ3n) is 3.72. The van der Waals surface area contributed by atoms with Crippen molar-refractivity contribution in [3.8, 4) is 0 Å². The van der Waals surface area contributed by atoms with Gasteiger partial charge in [0.2, 0.25) is 5.91 Å². The van der Waals surface area contributed by atoms with E-state index in [-0.39, 0.29) is 23.2 Å². The van der Waals surface area contributed by atoms with Gasteiger partial charge in [-0.25, -0.2) is 0 Å². The van der Waals surface area contributed by atoms with Gasteiger partial charge in [-0.1, -0.05) is 11.6 Å². The second-order valence-corrected chi connectivity index (χ2v) is 5.38. The highest BCUT2D eigenvalue weighted by molar-refractivity contribution is 6.33. The van der Waals surface area contributed by atoms with E-state index in [1.165, 1.54) is 18.2 Å². The van der Waals surface area contributed by atoms with Crippen LogP contribution < -0.4 is 11.1 Å². The molecule has 0 saturated carbocycles. The minimum absolute atomic E-state index is 0.0217. The van der Waals surface area contributed by atoms with E-state index >= 15 is 0 Å². The zero-order valence-electron chi connectivity index (χ0n) is 11.3. The standard InChI is InChI=1S/C13H16ClN3O4/c14-10-7-9(1-2-11(10)17(19)20)16-12(18)13(8-15)3-5-21-6-4-13/h1-2,7H,3-6,8,15H2,(H,16,18). The summed E-state index contributed by atoms with van der Waals surface area (Å²) < 4.78 is 5.26. The van der Waals surface area contributed by atoms with E-state index < -0.39 is 10.3 Å².